The summed E-state index contributed by atoms with van der Waals surface area (Å²) >= 11 is 0. The largest absolute Gasteiger partial charge is 0.458 e. The third-order valence-electron chi connectivity index (χ3n) is 8.22. The third-order valence-corrected chi connectivity index (χ3v) is 8.22. The Labute approximate surface area is 229 Å². The predicted octanol–water partition coefficient (Wildman–Crippen LogP) is 2.89. The van der Waals surface area contributed by atoms with E-state index >= 15 is 0 Å². The van der Waals surface area contributed by atoms with E-state index in [0.717, 1.165) is 44.3 Å². The van der Waals surface area contributed by atoms with E-state index in [1.54, 1.807) is 12.1 Å². The molecule has 0 atom stereocenters. The fourth-order valence-corrected chi connectivity index (χ4v) is 6.54. The molecule has 0 amide bonds. The van der Waals surface area contributed by atoms with E-state index in [1.807, 2.05) is 54.6 Å². The van der Waals surface area contributed by atoms with Crippen LogP contribution in [0.1, 0.15) is 11.1 Å². The van der Waals surface area contributed by atoms with Gasteiger partial charge in [-0.1, -0.05) is 42.5 Å². The molecule has 4 heterocycles. The number of hydrogen-bond donors (Lipinski definition) is 0. The molecule has 5 aromatic rings. The first kappa shape index (κ1) is 21.4. The van der Waals surface area contributed by atoms with E-state index < -0.39 is 0 Å². The molecular weight excluding hydrogens is 498 g/mol. The highest BCUT2D eigenvalue weighted by molar-refractivity contribution is 7.01. The van der Waals surface area contributed by atoms with E-state index in [1.165, 1.54) is 0 Å². The molecule has 9 rings (SSSR count). The zero-order valence-corrected chi connectivity index (χ0v) is 20.8. The molecule has 4 aliphatic heterocycles. The van der Waals surface area contributed by atoms with Crippen molar-refractivity contribution in [3.05, 3.63) is 96.1 Å². The number of fused-ring (bicyclic) bond motifs is 8. The highest BCUT2D eigenvalue weighted by Gasteiger charge is 2.45. The minimum atomic E-state index is -0.196. The molecule has 0 saturated carbocycles. The topological polar surface area (TPSA) is 84.5 Å². The van der Waals surface area contributed by atoms with Crippen molar-refractivity contribution >= 4 is 46.2 Å². The highest BCUT2D eigenvalue weighted by atomic mass is 16.5. The Morgan fingerprint density at radius 1 is 0.450 bits per heavy atom. The molecule has 0 aromatic heterocycles. The van der Waals surface area contributed by atoms with Crippen molar-refractivity contribution in [1.82, 2.24) is 0 Å². The predicted molar refractivity (Wildman–Crippen MR) is 151 cm³/mol. The van der Waals surface area contributed by atoms with Gasteiger partial charge in [-0.3, -0.25) is 0 Å². The maximum atomic E-state index is 9.87. The van der Waals surface area contributed by atoms with Crippen LogP contribution in [0.5, 0.6) is 46.0 Å². The summed E-state index contributed by atoms with van der Waals surface area (Å²) in [6.07, 6.45) is 0. The lowest BCUT2D eigenvalue weighted by atomic mass is 9.31. The van der Waals surface area contributed by atoms with Crippen LogP contribution in [0.25, 0.3) is 0 Å². The second-order valence-corrected chi connectivity index (χ2v) is 10.2. The number of nitriles is 2. The molecule has 0 fully saturated rings. The molecule has 40 heavy (non-hydrogen) atoms. The van der Waals surface area contributed by atoms with Gasteiger partial charge in [0, 0.05) is 17.0 Å². The summed E-state index contributed by atoms with van der Waals surface area (Å²) in [4.78, 5) is 0. The lowest BCUT2D eigenvalue weighted by Crippen LogP contribution is -2.61. The number of ether oxygens (including phenoxy) is 4. The van der Waals surface area contributed by atoms with Crippen molar-refractivity contribution in [2.45, 2.75) is 0 Å². The molecule has 0 spiro atoms. The molecule has 5 aromatic carbocycles. The smallest absolute Gasteiger partial charge is 0.260 e. The van der Waals surface area contributed by atoms with E-state index in [9.17, 15) is 10.5 Å². The lowest BCUT2D eigenvalue weighted by molar-refractivity contribution is 0.451. The Morgan fingerprint density at radius 3 is 1.40 bits per heavy atom. The first-order valence-corrected chi connectivity index (χ1v) is 12.9. The van der Waals surface area contributed by atoms with Gasteiger partial charge in [0.2, 0.25) is 0 Å². The molecule has 182 valence electrons. The molecule has 0 radical (unpaired) electrons. The van der Waals surface area contributed by atoms with E-state index in [-0.39, 0.29) is 13.4 Å². The van der Waals surface area contributed by atoms with Crippen LogP contribution < -0.4 is 51.7 Å². The van der Waals surface area contributed by atoms with Gasteiger partial charge in [0.1, 0.15) is 58.1 Å². The molecule has 0 bridgehead atoms. The van der Waals surface area contributed by atoms with E-state index in [4.69, 9.17) is 18.9 Å². The van der Waals surface area contributed by atoms with Gasteiger partial charge in [0.15, 0.2) is 0 Å². The zero-order chi connectivity index (χ0) is 26.5. The van der Waals surface area contributed by atoms with Crippen LogP contribution in [0, 0.1) is 22.7 Å². The highest BCUT2D eigenvalue weighted by Crippen LogP contribution is 2.40. The van der Waals surface area contributed by atoms with Gasteiger partial charge in [0.05, 0.1) is 11.1 Å². The molecule has 8 heteroatoms. The average molecular weight is 512 g/mol. The maximum Gasteiger partial charge on any atom is 0.260 e. The minimum absolute atomic E-state index is 0.196. The number of benzene rings is 5. The van der Waals surface area contributed by atoms with Crippen LogP contribution in [0.15, 0.2) is 84.9 Å². The lowest BCUT2D eigenvalue weighted by Gasteiger charge is -2.36. The van der Waals surface area contributed by atoms with E-state index in [2.05, 4.69) is 30.3 Å². The SMILES string of the molecule is N#Cc1ccc2c3c1Oc1ccccc1B3c1cc3c(cc1O2)Oc1ccc(C#N)c2c1B3c1ccccc1O2. The second kappa shape index (κ2) is 7.50. The van der Waals surface area contributed by atoms with Crippen molar-refractivity contribution in [3.8, 4) is 58.1 Å². The summed E-state index contributed by atoms with van der Waals surface area (Å²) in [5.41, 5.74) is 6.57. The fourth-order valence-electron chi connectivity index (χ4n) is 6.54. The summed E-state index contributed by atoms with van der Waals surface area (Å²) in [6.45, 7) is -0.391. The van der Waals surface area contributed by atoms with Crippen LogP contribution in [-0.4, -0.2) is 13.4 Å². The minimum Gasteiger partial charge on any atom is -0.458 e. The van der Waals surface area contributed by atoms with Gasteiger partial charge in [0.25, 0.3) is 13.4 Å². The first-order chi connectivity index (χ1) is 19.7. The van der Waals surface area contributed by atoms with Crippen LogP contribution in [-0.2, 0) is 0 Å². The summed E-state index contributed by atoms with van der Waals surface area (Å²) in [5.74, 6) is 5.22. The van der Waals surface area contributed by atoms with Crippen molar-refractivity contribution in [2.24, 2.45) is 0 Å². The monoisotopic (exact) mass is 512 g/mol. The quantitative estimate of drug-likeness (QED) is 0.291. The van der Waals surface area contributed by atoms with Gasteiger partial charge in [-0.15, -0.1) is 0 Å². The fraction of sp³-hybridized carbons (Fsp3) is 0. The van der Waals surface area contributed by atoms with Crippen molar-refractivity contribution in [1.29, 1.82) is 10.5 Å². The number of nitrogens with zero attached hydrogens (tertiary/aromatic N) is 2. The van der Waals surface area contributed by atoms with Crippen molar-refractivity contribution < 1.29 is 18.9 Å². The molecule has 4 aliphatic rings. The molecule has 0 aliphatic carbocycles. The average Bonchev–Trinajstić information content (AvgIpc) is 3.00. The number of para-hydroxylation sites is 2. The Morgan fingerprint density at radius 2 is 0.925 bits per heavy atom. The molecule has 0 saturated heterocycles. The molecule has 0 unspecified atom stereocenters. The molecule has 6 nitrogen and oxygen atoms in total. The Bertz CT molecular complexity index is 1930. The maximum absolute atomic E-state index is 9.87. The standard InChI is InChI=1S/C32H14B2N2O4/c35-15-17-9-11-25-29-31(17)39-23-7-3-1-5-19(23)33(29)21-13-22-28(14-27(21)37-25)38-26-12-10-18(16-36)32-30(26)34(22)20-6-2-4-8-24(20)40-32/h1-14H. The summed E-state index contributed by atoms with van der Waals surface area (Å²) < 4.78 is 25.5. The number of rotatable bonds is 0. The molecular formula is C32H14B2N2O4. The van der Waals surface area contributed by atoms with Crippen LogP contribution in [0.3, 0.4) is 0 Å². The van der Waals surface area contributed by atoms with Crippen molar-refractivity contribution in [3.63, 3.8) is 0 Å². The first-order valence-electron chi connectivity index (χ1n) is 12.9. The Kier molecular flexibility index (Phi) is 4.00. The Hall–Kier alpha value is -5.59. The van der Waals surface area contributed by atoms with Crippen LogP contribution in [0.4, 0.5) is 0 Å². The van der Waals surface area contributed by atoms with Crippen molar-refractivity contribution in [2.75, 3.05) is 0 Å². The van der Waals surface area contributed by atoms with Gasteiger partial charge in [-0.2, -0.15) is 10.5 Å². The normalized spacial score (nSPS) is 13.7. The van der Waals surface area contributed by atoms with Crippen LogP contribution >= 0.6 is 0 Å². The molecule has 0 N–H and O–H groups in total. The summed E-state index contributed by atoms with van der Waals surface area (Å²) in [5, 5.41) is 19.7. The second-order valence-electron chi connectivity index (χ2n) is 10.2. The number of hydrogen-bond acceptors (Lipinski definition) is 6. The van der Waals surface area contributed by atoms with E-state index in [0.29, 0.717) is 45.6 Å². The third kappa shape index (κ3) is 2.62. The van der Waals surface area contributed by atoms with Gasteiger partial charge in [-0.25, -0.2) is 0 Å². The van der Waals surface area contributed by atoms with Gasteiger partial charge in [-0.05, 0) is 58.2 Å². The van der Waals surface area contributed by atoms with Crippen LogP contribution in [0.2, 0.25) is 0 Å². The Balaban J connectivity index is 1.33. The zero-order valence-electron chi connectivity index (χ0n) is 20.8. The summed E-state index contributed by atoms with van der Waals surface area (Å²) in [6, 6.07) is 31.7. The van der Waals surface area contributed by atoms with Gasteiger partial charge < -0.3 is 18.9 Å². The summed E-state index contributed by atoms with van der Waals surface area (Å²) in [7, 11) is 0. The van der Waals surface area contributed by atoms with Gasteiger partial charge >= 0.3 is 0 Å².